The van der Waals surface area contributed by atoms with Crippen LogP contribution in [0.1, 0.15) is 57.3 Å². The smallest absolute Gasteiger partial charge is 0.434 e. The summed E-state index contributed by atoms with van der Waals surface area (Å²) in [6, 6.07) is 20.4. The second kappa shape index (κ2) is 14.3. The van der Waals surface area contributed by atoms with Crippen LogP contribution in [0.3, 0.4) is 0 Å². The van der Waals surface area contributed by atoms with Gasteiger partial charge in [0.15, 0.2) is 17.2 Å². The molecule has 0 radical (unpaired) electrons. The molecular formula is C35H33F3N6O3. The predicted octanol–water partition coefficient (Wildman–Crippen LogP) is 7.07. The van der Waals surface area contributed by atoms with Crippen molar-refractivity contribution in [1.29, 1.82) is 5.26 Å². The van der Waals surface area contributed by atoms with E-state index >= 15 is 0 Å². The number of alkyl halides is 3. The van der Waals surface area contributed by atoms with E-state index in [1.54, 1.807) is 29.1 Å². The van der Waals surface area contributed by atoms with Gasteiger partial charge in [-0.05, 0) is 86.7 Å². The maximum absolute atomic E-state index is 14.1. The molecule has 0 saturated heterocycles. The molecule has 0 spiro atoms. The van der Waals surface area contributed by atoms with Crippen molar-refractivity contribution in [2.24, 2.45) is 0 Å². The van der Waals surface area contributed by atoms with Gasteiger partial charge in [-0.3, -0.25) is 4.68 Å². The fraction of sp³-hybridized carbons (Fsp3) is 0.286. The molecule has 0 bridgehead atoms. The first-order chi connectivity index (χ1) is 22.6. The zero-order valence-electron chi connectivity index (χ0n) is 26.2. The van der Waals surface area contributed by atoms with E-state index in [1.807, 2.05) is 56.3 Å². The van der Waals surface area contributed by atoms with Crippen LogP contribution in [0.5, 0.6) is 5.75 Å². The van der Waals surface area contributed by atoms with Gasteiger partial charge in [0.1, 0.15) is 17.4 Å². The van der Waals surface area contributed by atoms with Crippen LogP contribution in [-0.2, 0) is 30.3 Å². The number of nitrogens with zero attached hydrogens (tertiary/aromatic N) is 6. The average Bonchev–Trinajstić information content (AvgIpc) is 3.71. The number of benzene rings is 2. The Kier molecular flexibility index (Phi) is 10.0. The number of aryl methyl sites for hydroxylation is 5. The molecule has 0 atom stereocenters. The Morgan fingerprint density at radius 1 is 1.02 bits per heavy atom. The molecular weight excluding hydrogens is 609 g/mol. The molecule has 0 unspecified atom stereocenters. The maximum atomic E-state index is 14.1. The zero-order valence-corrected chi connectivity index (χ0v) is 26.2. The molecule has 47 heavy (non-hydrogen) atoms. The number of carbonyl (C=O) groups is 1. The summed E-state index contributed by atoms with van der Waals surface area (Å²) in [5.41, 5.74) is 3.96. The molecule has 0 saturated carbocycles. The van der Waals surface area contributed by atoms with Crippen molar-refractivity contribution in [3.8, 4) is 28.9 Å². The zero-order chi connectivity index (χ0) is 33.6. The van der Waals surface area contributed by atoms with Crippen molar-refractivity contribution in [2.45, 2.75) is 52.8 Å². The monoisotopic (exact) mass is 642 g/mol. The lowest BCUT2D eigenvalue weighted by atomic mass is 9.94. The lowest BCUT2D eigenvalue weighted by Gasteiger charge is -2.15. The van der Waals surface area contributed by atoms with Gasteiger partial charge in [-0.15, -0.1) is 0 Å². The molecule has 9 nitrogen and oxygen atoms in total. The fourth-order valence-corrected chi connectivity index (χ4v) is 5.26. The summed E-state index contributed by atoms with van der Waals surface area (Å²) in [5.74, 6) is -0.398. The summed E-state index contributed by atoms with van der Waals surface area (Å²) in [6.07, 6.45) is -0.104. The van der Waals surface area contributed by atoms with Gasteiger partial charge in [-0.1, -0.05) is 29.8 Å². The second-order valence-corrected chi connectivity index (χ2v) is 10.9. The maximum Gasteiger partial charge on any atom is 0.434 e. The molecule has 3 aromatic heterocycles. The highest BCUT2D eigenvalue weighted by Gasteiger charge is 2.41. The summed E-state index contributed by atoms with van der Waals surface area (Å²) in [5, 5.41) is 16.9. The molecule has 0 aliphatic heterocycles. The summed E-state index contributed by atoms with van der Waals surface area (Å²) in [7, 11) is 0. The molecule has 5 rings (SSSR count). The minimum absolute atomic E-state index is 0.0672. The highest BCUT2D eigenvalue weighted by Crippen LogP contribution is 2.34. The normalized spacial score (nSPS) is 11.3. The lowest BCUT2D eigenvalue weighted by Crippen LogP contribution is -2.19. The molecule has 3 heterocycles. The first kappa shape index (κ1) is 32.9. The van der Waals surface area contributed by atoms with Crippen molar-refractivity contribution in [1.82, 2.24) is 24.5 Å². The van der Waals surface area contributed by atoms with Crippen molar-refractivity contribution >= 4 is 5.97 Å². The number of pyridine rings is 1. The Morgan fingerprint density at radius 2 is 1.81 bits per heavy atom. The molecule has 0 aliphatic carbocycles. The SMILES string of the molecule is CCOC(=O)c1cnn(-c2cccc(-c3cc(C)ccc3CCc3ccc(OCCCn4ccc(C#N)n4)cc3C)n2)c1C(F)(F)F. The first-order valence-electron chi connectivity index (χ1n) is 15.1. The minimum Gasteiger partial charge on any atom is -0.494 e. The van der Waals surface area contributed by atoms with E-state index in [1.165, 1.54) is 13.0 Å². The number of rotatable bonds is 12. The molecule has 5 aromatic rings. The molecule has 0 amide bonds. The summed E-state index contributed by atoms with van der Waals surface area (Å²) < 4.78 is 55.5. The Morgan fingerprint density at radius 3 is 2.53 bits per heavy atom. The van der Waals surface area contributed by atoms with Crippen LogP contribution < -0.4 is 4.74 Å². The van der Waals surface area contributed by atoms with Gasteiger partial charge in [0.2, 0.25) is 0 Å². The Bertz CT molecular complexity index is 1920. The fourth-order valence-electron chi connectivity index (χ4n) is 5.26. The molecule has 0 N–H and O–H groups in total. The summed E-state index contributed by atoms with van der Waals surface area (Å²) >= 11 is 0. The van der Waals surface area contributed by atoms with Gasteiger partial charge >= 0.3 is 12.1 Å². The average molecular weight is 643 g/mol. The van der Waals surface area contributed by atoms with E-state index in [2.05, 4.69) is 15.2 Å². The number of carbonyl (C=O) groups excluding carboxylic acids is 1. The molecule has 0 fully saturated rings. The summed E-state index contributed by atoms with van der Waals surface area (Å²) in [6.45, 7) is 6.58. The Balaban J connectivity index is 1.31. The van der Waals surface area contributed by atoms with E-state index in [-0.39, 0.29) is 12.4 Å². The van der Waals surface area contributed by atoms with Crippen molar-refractivity contribution in [3.63, 3.8) is 0 Å². The number of aromatic nitrogens is 5. The third-order valence-electron chi connectivity index (χ3n) is 7.56. The minimum atomic E-state index is -4.87. The van der Waals surface area contributed by atoms with Crippen molar-refractivity contribution in [3.05, 3.63) is 112 Å². The van der Waals surface area contributed by atoms with Crippen molar-refractivity contribution < 1.29 is 27.4 Å². The van der Waals surface area contributed by atoms with Gasteiger partial charge in [0, 0.05) is 24.7 Å². The Labute approximate surface area is 270 Å². The van der Waals surface area contributed by atoms with E-state index in [0.717, 1.165) is 52.6 Å². The van der Waals surface area contributed by atoms with E-state index in [9.17, 15) is 18.0 Å². The summed E-state index contributed by atoms with van der Waals surface area (Å²) in [4.78, 5) is 16.8. The van der Waals surface area contributed by atoms with Gasteiger partial charge < -0.3 is 9.47 Å². The highest BCUT2D eigenvalue weighted by molar-refractivity contribution is 5.90. The standard InChI is InChI=1S/C35H33F3N6O3/c1-4-46-34(45)30-22-40-44(33(30)35(36,37)38)32-8-5-7-31(41-32)29-19-23(2)9-10-26(29)12-11-25-13-14-28(20-24(25)3)47-18-6-16-43-17-15-27(21-39)42-43/h5,7-10,13-15,17,19-20,22H,4,6,11-12,16,18H2,1-3H3. The highest BCUT2D eigenvalue weighted by atomic mass is 19.4. The van der Waals surface area contributed by atoms with Crippen LogP contribution >= 0.6 is 0 Å². The van der Waals surface area contributed by atoms with E-state index < -0.39 is 23.4 Å². The number of hydrogen-bond acceptors (Lipinski definition) is 7. The quantitative estimate of drug-likeness (QED) is 0.106. The topological polar surface area (TPSA) is 108 Å². The van der Waals surface area contributed by atoms with Crippen LogP contribution in [0, 0.1) is 25.2 Å². The number of nitriles is 1. The number of ether oxygens (including phenoxy) is 2. The van der Waals surface area contributed by atoms with Crippen LogP contribution in [0.25, 0.3) is 17.1 Å². The lowest BCUT2D eigenvalue weighted by molar-refractivity contribution is -0.143. The first-order valence-corrected chi connectivity index (χ1v) is 15.1. The van der Waals surface area contributed by atoms with Crippen LogP contribution in [0.2, 0.25) is 0 Å². The van der Waals surface area contributed by atoms with Gasteiger partial charge in [-0.2, -0.15) is 28.6 Å². The Hall–Kier alpha value is -5.44. The van der Waals surface area contributed by atoms with Gasteiger partial charge in [0.25, 0.3) is 0 Å². The van der Waals surface area contributed by atoms with Gasteiger partial charge in [0.05, 0.1) is 25.1 Å². The third-order valence-corrected chi connectivity index (χ3v) is 7.56. The van der Waals surface area contributed by atoms with E-state index in [4.69, 9.17) is 14.7 Å². The number of esters is 1. The third kappa shape index (κ3) is 7.87. The van der Waals surface area contributed by atoms with Gasteiger partial charge in [-0.25, -0.2) is 14.5 Å². The predicted molar refractivity (Wildman–Crippen MR) is 168 cm³/mol. The van der Waals surface area contributed by atoms with Crippen LogP contribution in [0.15, 0.2) is 73.1 Å². The van der Waals surface area contributed by atoms with Crippen LogP contribution in [0.4, 0.5) is 13.2 Å². The largest absolute Gasteiger partial charge is 0.494 e. The number of hydrogen-bond donors (Lipinski definition) is 0. The molecule has 2 aromatic carbocycles. The van der Waals surface area contributed by atoms with Crippen molar-refractivity contribution in [2.75, 3.05) is 13.2 Å². The molecule has 242 valence electrons. The van der Waals surface area contributed by atoms with Crippen LogP contribution in [-0.4, -0.2) is 43.7 Å². The van der Waals surface area contributed by atoms with E-state index in [0.29, 0.717) is 35.6 Å². The molecule has 12 heteroatoms. The molecule has 0 aliphatic rings. The second-order valence-electron chi connectivity index (χ2n) is 10.9. The number of halogens is 3.